The molecule has 120 valence electrons. The van der Waals surface area contributed by atoms with Gasteiger partial charge < -0.3 is 0 Å². The molecule has 0 aromatic heterocycles. The average Bonchev–Trinajstić information content (AvgIpc) is 2.47. The Bertz CT molecular complexity index is 542. The number of alkyl halides is 2. The van der Waals surface area contributed by atoms with Crippen LogP contribution in [0.25, 0.3) is 0 Å². The van der Waals surface area contributed by atoms with Crippen molar-refractivity contribution in [1.82, 2.24) is 0 Å². The third-order valence-electron chi connectivity index (χ3n) is 7.22. The predicted octanol–water partition coefficient (Wildman–Crippen LogP) is -3.22. The number of hydrogen-bond donors (Lipinski definition) is 5. The van der Waals surface area contributed by atoms with Crippen LogP contribution in [0.4, 0.5) is 0 Å². The van der Waals surface area contributed by atoms with Crippen molar-refractivity contribution >= 4 is 7.26 Å². The first-order chi connectivity index (χ1) is 9.45. The average molecular weight is 423 g/mol. The second-order valence-electron chi connectivity index (χ2n) is 9.26. The normalized spacial score (nSPS) is 74.4. The van der Waals surface area contributed by atoms with Gasteiger partial charge in [0.1, 0.15) is 0 Å². The molecule has 7 heteroatoms. The third kappa shape index (κ3) is 1.18. The van der Waals surface area contributed by atoms with Gasteiger partial charge in [-0.15, -0.1) is 0 Å². The molecule has 10 N–H and O–H groups in total. The van der Waals surface area contributed by atoms with Gasteiger partial charge in [0.05, 0.1) is 0 Å². The van der Waals surface area contributed by atoms with E-state index in [0.717, 1.165) is 38.5 Å². The molecule has 1 spiro atoms. The molecule has 0 aromatic carbocycles. The fraction of sp³-hybridized carbons (Fsp3) is 1.00. The zero-order valence-corrected chi connectivity index (χ0v) is 15.7. The summed E-state index contributed by atoms with van der Waals surface area (Å²) in [5.74, 6) is 0. The molecule has 5 saturated heterocycles. The van der Waals surface area contributed by atoms with Gasteiger partial charge in [-0.1, -0.05) is 0 Å². The van der Waals surface area contributed by atoms with E-state index in [2.05, 4.69) is 6.92 Å². The van der Waals surface area contributed by atoms with Crippen LogP contribution in [0.1, 0.15) is 45.4 Å². The van der Waals surface area contributed by atoms with Gasteiger partial charge in [0, 0.05) is 0 Å². The van der Waals surface area contributed by atoms with Crippen molar-refractivity contribution in [2.75, 3.05) is 4.43 Å². The SMILES string of the molecule is CC12C[I-]C(N)(C1)CC1(N)CC3(N)CC4(N)CC(N)(C2)[P+]143. The molecule has 0 radical (unpaired) electrons. The summed E-state index contributed by atoms with van der Waals surface area (Å²) in [4.78, 5) is 0. The van der Waals surface area contributed by atoms with Crippen molar-refractivity contribution in [3.63, 3.8) is 0 Å². The van der Waals surface area contributed by atoms with E-state index in [-0.39, 0.29) is 45.9 Å². The summed E-state index contributed by atoms with van der Waals surface area (Å²) in [6.07, 6.45) is 5.90. The molecular formula is C14H27IN5P. The van der Waals surface area contributed by atoms with Gasteiger partial charge in [-0.2, -0.15) is 0 Å². The Morgan fingerprint density at radius 1 is 0.714 bits per heavy atom. The third-order valence-corrected chi connectivity index (χ3v) is 18.3. The summed E-state index contributed by atoms with van der Waals surface area (Å²) in [6.45, 7) is 2.39. The van der Waals surface area contributed by atoms with Gasteiger partial charge in [-0.25, -0.2) is 0 Å². The van der Waals surface area contributed by atoms with Gasteiger partial charge in [0.25, 0.3) is 0 Å². The number of hydrogen-bond acceptors (Lipinski definition) is 5. The summed E-state index contributed by atoms with van der Waals surface area (Å²) in [5.41, 5.74) is 34.7. The Morgan fingerprint density at radius 3 is 1.71 bits per heavy atom. The number of fused-ring (bicyclic) bond motifs is 2. The first kappa shape index (κ1) is 14.3. The molecule has 5 aliphatic heterocycles. The van der Waals surface area contributed by atoms with Crippen molar-refractivity contribution in [2.45, 2.75) is 70.1 Å². The molecule has 5 heterocycles. The van der Waals surface area contributed by atoms with E-state index in [0.29, 0.717) is 5.41 Å². The molecule has 5 rings (SSSR count). The molecule has 0 saturated carbocycles. The van der Waals surface area contributed by atoms with Crippen molar-refractivity contribution < 1.29 is 21.2 Å². The van der Waals surface area contributed by atoms with Crippen molar-refractivity contribution in [3.8, 4) is 0 Å². The van der Waals surface area contributed by atoms with Gasteiger partial charge in [-0.3, -0.25) is 0 Å². The van der Waals surface area contributed by atoms with E-state index in [9.17, 15) is 0 Å². The molecule has 7 unspecified atom stereocenters. The van der Waals surface area contributed by atoms with Crippen molar-refractivity contribution in [3.05, 3.63) is 0 Å². The standard InChI is InChI=1S/C14H27IN5P/c1-9-2-10(16,15-8-9)4-12(18)6-14(20)7-13(19)5-11(17,3-9)21(12,13)14/h2-8,16-20H2,1H3. The second kappa shape index (κ2) is 3.22. The van der Waals surface area contributed by atoms with Gasteiger partial charge in [-0.05, 0) is 0 Å². The van der Waals surface area contributed by atoms with Gasteiger partial charge in [0.2, 0.25) is 0 Å². The number of rotatable bonds is 0. The molecule has 2 bridgehead atoms. The Morgan fingerprint density at radius 2 is 1.19 bits per heavy atom. The Kier molecular flexibility index (Phi) is 2.19. The van der Waals surface area contributed by atoms with Crippen LogP contribution in [0.15, 0.2) is 0 Å². The summed E-state index contributed by atoms with van der Waals surface area (Å²) in [6, 6.07) is 0. The van der Waals surface area contributed by atoms with Crippen LogP contribution in [-0.4, -0.2) is 29.1 Å². The van der Waals surface area contributed by atoms with E-state index in [4.69, 9.17) is 28.7 Å². The van der Waals surface area contributed by atoms with Crippen LogP contribution in [0.3, 0.4) is 0 Å². The maximum atomic E-state index is 7.02. The van der Waals surface area contributed by atoms with Crippen LogP contribution in [0.2, 0.25) is 0 Å². The molecule has 0 amide bonds. The summed E-state index contributed by atoms with van der Waals surface area (Å²) >= 11 is -0.00723. The summed E-state index contributed by atoms with van der Waals surface area (Å²) < 4.78 is 1.28. The van der Waals surface area contributed by atoms with Crippen LogP contribution < -0.4 is 49.9 Å². The molecule has 0 aromatic rings. The number of nitrogens with two attached hydrogens (primary N) is 5. The molecule has 5 nitrogen and oxygen atoms in total. The summed E-state index contributed by atoms with van der Waals surface area (Å²) in [5, 5.41) is -0.621. The number of halogens is 1. The van der Waals surface area contributed by atoms with Crippen LogP contribution in [0.5, 0.6) is 0 Å². The molecule has 0 aliphatic carbocycles. The van der Waals surface area contributed by atoms with Crippen molar-refractivity contribution in [2.24, 2.45) is 34.1 Å². The fourth-order valence-corrected chi connectivity index (χ4v) is 21.2. The van der Waals surface area contributed by atoms with Crippen molar-refractivity contribution in [1.29, 1.82) is 0 Å². The minimum atomic E-state index is -1.74. The fourth-order valence-electron chi connectivity index (χ4n) is 7.74. The topological polar surface area (TPSA) is 130 Å². The van der Waals surface area contributed by atoms with E-state index < -0.39 is 7.26 Å². The maximum absolute atomic E-state index is 7.02. The van der Waals surface area contributed by atoms with Gasteiger partial charge in [0.15, 0.2) is 0 Å². The minimum absolute atomic E-state index is 0.00723. The monoisotopic (exact) mass is 423 g/mol. The first-order valence-corrected chi connectivity index (χ1v) is 12.3. The zero-order valence-electron chi connectivity index (χ0n) is 12.7. The Labute approximate surface area is 137 Å². The molecule has 5 aliphatic rings. The second-order valence-corrected chi connectivity index (χ2v) is 17.8. The van der Waals surface area contributed by atoms with E-state index in [1.54, 1.807) is 0 Å². The van der Waals surface area contributed by atoms with Crippen LogP contribution >= 0.6 is 7.26 Å². The molecular weight excluding hydrogens is 396 g/mol. The van der Waals surface area contributed by atoms with E-state index >= 15 is 0 Å². The first-order valence-electron chi connectivity index (χ1n) is 7.89. The quantitative estimate of drug-likeness (QED) is 0.121. The van der Waals surface area contributed by atoms with Crippen LogP contribution in [-0.2, 0) is 0 Å². The Hall–Kier alpha value is 0.960. The zero-order chi connectivity index (χ0) is 15.2. The van der Waals surface area contributed by atoms with E-state index in [1.807, 2.05) is 0 Å². The predicted molar refractivity (Wildman–Crippen MR) is 82.2 cm³/mol. The van der Waals surface area contributed by atoms with E-state index in [1.165, 1.54) is 4.43 Å². The summed E-state index contributed by atoms with van der Waals surface area (Å²) in [7, 11) is -1.74. The van der Waals surface area contributed by atoms with Gasteiger partial charge >= 0.3 is 137 Å². The molecule has 21 heavy (non-hydrogen) atoms. The van der Waals surface area contributed by atoms with Crippen LogP contribution in [0, 0.1) is 5.41 Å². The molecule has 7 atom stereocenters. The molecule has 5 fully saturated rings. The Balaban J connectivity index is 1.70.